The van der Waals surface area contributed by atoms with Gasteiger partial charge in [-0.25, -0.2) is 0 Å². The molecule has 2 fully saturated rings. The lowest BCUT2D eigenvalue weighted by atomic mass is 10.0. The highest BCUT2D eigenvalue weighted by molar-refractivity contribution is 6.05. The number of piperidine rings is 1. The highest BCUT2D eigenvalue weighted by Crippen LogP contribution is 2.29. The summed E-state index contributed by atoms with van der Waals surface area (Å²) in [6.07, 6.45) is 1.58. The first-order chi connectivity index (χ1) is 13.8. The van der Waals surface area contributed by atoms with Crippen molar-refractivity contribution in [3.8, 4) is 0 Å². The molecule has 8 heteroatoms. The molecule has 3 aliphatic heterocycles. The van der Waals surface area contributed by atoms with Crippen LogP contribution in [0, 0.1) is 0 Å². The largest absolute Gasteiger partial charge is 0.360 e. The number of hydrogen-bond acceptors (Lipinski definition) is 6. The molecule has 0 bridgehead atoms. The minimum Gasteiger partial charge on any atom is -0.360 e. The number of ether oxygens (including phenoxy) is 1. The third-order valence-electron chi connectivity index (χ3n) is 5.82. The van der Waals surface area contributed by atoms with E-state index in [9.17, 15) is 14.4 Å². The normalized spacial score (nSPS) is 26.0. The molecule has 1 aromatic rings. The fraction of sp³-hybridized carbons (Fsp3) is 0.571. The van der Waals surface area contributed by atoms with Crippen molar-refractivity contribution < 1.29 is 19.1 Å². The summed E-state index contributed by atoms with van der Waals surface area (Å²) in [4.78, 5) is 38.3. The van der Waals surface area contributed by atoms with Crippen molar-refractivity contribution in [3.05, 3.63) is 34.9 Å². The molecule has 8 nitrogen and oxygen atoms in total. The van der Waals surface area contributed by atoms with Gasteiger partial charge in [0.15, 0.2) is 0 Å². The van der Waals surface area contributed by atoms with Crippen molar-refractivity contribution in [1.82, 2.24) is 20.9 Å². The van der Waals surface area contributed by atoms with Crippen molar-refractivity contribution in [3.63, 3.8) is 0 Å². The molecule has 0 aliphatic carbocycles. The molecule has 2 atom stereocenters. The molecular formula is C21H28N4O4. The second-order valence-electron chi connectivity index (χ2n) is 8.48. The second kappa shape index (κ2) is 7.85. The molecule has 29 heavy (non-hydrogen) atoms. The Labute approximate surface area is 170 Å². The number of rotatable bonds is 6. The van der Waals surface area contributed by atoms with Crippen molar-refractivity contribution in [1.29, 1.82) is 0 Å². The topological polar surface area (TPSA) is 99.8 Å². The minimum absolute atomic E-state index is 0.125. The zero-order valence-corrected chi connectivity index (χ0v) is 16.9. The molecular weight excluding hydrogens is 372 g/mol. The first-order valence-corrected chi connectivity index (χ1v) is 10.2. The van der Waals surface area contributed by atoms with Crippen LogP contribution in [-0.2, 0) is 27.4 Å². The van der Waals surface area contributed by atoms with Crippen LogP contribution in [0.3, 0.4) is 0 Å². The van der Waals surface area contributed by atoms with Gasteiger partial charge in [0.1, 0.15) is 11.8 Å². The van der Waals surface area contributed by atoms with Gasteiger partial charge in [-0.15, -0.1) is 0 Å². The van der Waals surface area contributed by atoms with Gasteiger partial charge in [0.25, 0.3) is 5.91 Å². The van der Waals surface area contributed by atoms with Gasteiger partial charge < -0.3 is 15.0 Å². The van der Waals surface area contributed by atoms with E-state index in [2.05, 4.69) is 16.0 Å². The van der Waals surface area contributed by atoms with Gasteiger partial charge >= 0.3 is 0 Å². The number of nitrogens with zero attached hydrogens (tertiary/aromatic N) is 1. The summed E-state index contributed by atoms with van der Waals surface area (Å²) >= 11 is 0. The third kappa shape index (κ3) is 4.19. The van der Waals surface area contributed by atoms with Crippen LogP contribution in [0.5, 0.6) is 0 Å². The standard InChI is InChI=1S/C21H28N4O4/c1-21(2)24-15(12-29-21)8-9-22-10-13-4-3-5-14-11-25(20(28)18(13)14)16-6-7-17(26)23-19(16)27/h3-5,15-16,22,24H,6-12H2,1-2H3,(H,23,26,27). The van der Waals surface area contributed by atoms with E-state index in [4.69, 9.17) is 4.74 Å². The SMILES string of the molecule is CC1(C)NC(CCNCc2cccc3c2C(=O)N(C2CCC(=O)NC2=O)C3)CO1. The van der Waals surface area contributed by atoms with Gasteiger partial charge in [0, 0.05) is 31.1 Å². The third-order valence-corrected chi connectivity index (χ3v) is 5.82. The number of nitrogens with one attached hydrogen (secondary N) is 3. The zero-order valence-electron chi connectivity index (χ0n) is 16.9. The summed E-state index contributed by atoms with van der Waals surface area (Å²) in [6, 6.07) is 5.59. The number of carbonyl (C=O) groups excluding carboxylic acids is 3. The number of carbonyl (C=O) groups is 3. The molecule has 156 valence electrons. The molecule has 3 N–H and O–H groups in total. The Bertz CT molecular complexity index is 838. The quantitative estimate of drug-likeness (QED) is 0.479. The average Bonchev–Trinajstić information content (AvgIpc) is 3.18. The van der Waals surface area contributed by atoms with Gasteiger partial charge in [0.05, 0.1) is 6.61 Å². The fourth-order valence-electron chi connectivity index (χ4n) is 4.38. The van der Waals surface area contributed by atoms with E-state index in [0.29, 0.717) is 37.7 Å². The van der Waals surface area contributed by atoms with Crippen LogP contribution in [0.25, 0.3) is 0 Å². The summed E-state index contributed by atoms with van der Waals surface area (Å²) in [7, 11) is 0. The predicted octanol–water partition coefficient (Wildman–Crippen LogP) is 0.652. The molecule has 3 amide bonds. The lowest BCUT2D eigenvalue weighted by molar-refractivity contribution is -0.136. The van der Waals surface area contributed by atoms with Crippen LogP contribution in [0.2, 0.25) is 0 Å². The number of fused-ring (bicyclic) bond motifs is 1. The summed E-state index contributed by atoms with van der Waals surface area (Å²) in [5, 5.41) is 9.21. The van der Waals surface area contributed by atoms with E-state index in [1.807, 2.05) is 32.0 Å². The Morgan fingerprint density at radius 2 is 2.10 bits per heavy atom. The number of amides is 3. The summed E-state index contributed by atoms with van der Waals surface area (Å²) in [6.45, 7) is 6.56. The molecule has 0 saturated carbocycles. The van der Waals surface area contributed by atoms with E-state index < -0.39 is 6.04 Å². The van der Waals surface area contributed by atoms with Crippen molar-refractivity contribution in [2.75, 3.05) is 13.2 Å². The minimum atomic E-state index is -0.579. The van der Waals surface area contributed by atoms with Gasteiger partial charge in [-0.3, -0.25) is 25.0 Å². The van der Waals surface area contributed by atoms with Crippen LogP contribution in [-0.4, -0.2) is 53.6 Å². The number of hydrogen-bond donors (Lipinski definition) is 3. The summed E-state index contributed by atoms with van der Waals surface area (Å²) in [5.41, 5.74) is 2.30. The first-order valence-electron chi connectivity index (χ1n) is 10.2. The molecule has 1 aromatic carbocycles. The van der Waals surface area contributed by atoms with E-state index in [1.54, 1.807) is 4.90 Å². The van der Waals surface area contributed by atoms with Crippen molar-refractivity contribution in [2.45, 2.75) is 64.0 Å². The molecule has 0 aromatic heterocycles. The van der Waals surface area contributed by atoms with Crippen LogP contribution in [0.1, 0.15) is 54.6 Å². The predicted molar refractivity (Wildman–Crippen MR) is 106 cm³/mol. The Hall–Kier alpha value is -2.29. The Kier molecular flexibility index (Phi) is 5.42. The molecule has 2 unspecified atom stereocenters. The maximum atomic E-state index is 13.1. The molecule has 0 spiro atoms. The fourth-order valence-corrected chi connectivity index (χ4v) is 4.38. The van der Waals surface area contributed by atoms with Crippen LogP contribution >= 0.6 is 0 Å². The van der Waals surface area contributed by atoms with E-state index in [-0.39, 0.29) is 29.9 Å². The Morgan fingerprint density at radius 3 is 2.83 bits per heavy atom. The molecule has 0 radical (unpaired) electrons. The molecule has 4 rings (SSSR count). The second-order valence-corrected chi connectivity index (χ2v) is 8.48. The first kappa shape index (κ1) is 20.0. The maximum absolute atomic E-state index is 13.1. The van der Waals surface area contributed by atoms with Gasteiger partial charge in [0.2, 0.25) is 11.8 Å². The maximum Gasteiger partial charge on any atom is 0.255 e. The van der Waals surface area contributed by atoms with Gasteiger partial charge in [-0.05, 0) is 44.4 Å². The highest BCUT2D eigenvalue weighted by Gasteiger charge is 2.39. The van der Waals surface area contributed by atoms with Gasteiger partial charge in [-0.1, -0.05) is 18.2 Å². The van der Waals surface area contributed by atoms with Crippen molar-refractivity contribution in [2.24, 2.45) is 0 Å². The van der Waals surface area contributed by atoms with Crippen molar-refractivity contribution >= 4 is 17.7 Å². The number of benzene rings is 1. The summed E-state index contributed by atoms with van der Waals surface area (Å²) in [5.74, 6) is -0.776. The smallest absolute Gasteiger partial charge is 0.255 e. The van der Waals surface area contributed by atoms with Crippen LogP contribution in [0.4, 0.5) is 0 Å². The van der Waals surface area contributed by atoms with E-state index >= 15 is 0 Å². The zero-order chi connectivity index (χ0) is 20.6. The van der Waals surface area contributed by atoms with E-state index in [1.165, 1.54) is 0 Å². The Balaban J connectivity index is 1.36. The van der Waals surface area contributed by atoms with Crippen LogP contribution in [0.15, 0.2) is 18.2 Å². The molecule has 3 heterocycles. The lowest BCUT2D eigenvalue weighted by Crippen LogP contribution is -2.52. The highest BCUT2D eigenvalue weighted by atomic mass is 16.5. The van der Waals surface area contributed by atoms with E-state index in [0.717, 1.165) is 24.1 Å². The lowest BCUT2D eigenvalue weighted by Gasteiger charge is -2.29. The summed E-state index contributed by atoms with van der Waals surface area (Å²) < 4.78 is 5.68. The van der Waals surface area contributed by atoms with Crippen LogP contribution < -0.4 is 16.0 Å². The average molecular weight is 400 g/mol. The molecule has 3 aliphatic rings. The number of imide groups is 1. The van der Waals surface area contributed by atoms with Gasteiger partial charge in [-0.2, -0.15) is 0 Å². The Morgan fingerprint density at radius 1 is 1.28 bits per heavy atom. The molecule has 2 saturated heterocycles. The monoisotopic (exact) mass is 400 g/mol.